The van der Waals surface area contributed by atoms with Crippen LogP contribution in [0, 0.1) is 5.92 Å². The van der Waals surface area contributed by atoms with Crippen LogP contribution in [0.15, 0.2) is 382 Å². The average Bonchev–Trinajstić information content (AvgIpc) is 1.50. The molecule has 14 aromatic carbocycles. The molecule has 4 aliphatic carbocycles. The lowest BCUT2D eigenvalue weighted by Gasteiger charge is -2.44. The van der Waals surface area contributed by atoms with Crippen molar-refractivity contribution in [2.45, 2.75) is 29.6 Å². The van der Waals surface area contributed by atoms with Gasteiger partial charge < -0.3 is 9.47 Å². The molecule has 2 spiro atoms. The van der Waals surface area contributed by atoms with E-state index < -0.39 is 10.8 Å². The molecule has 4 heterocycles. The van der Waals surface area contributed by atoms with Gasteiger partial charge in [-0.25, -0.2) is 19.9 Å². The monoisotopic (exact) mass is 1400 g/mol. The van der Waals surface area contributed by atoms with E-state index in [2.05, 4.69) is 370 Å². The zero-order chi connectivity index (χ0) is 72.4. The van der Waals surface area contributed by atoms with Crippen LogP contribution in [0.2, 0.25) is 0 Å². The first kappa shape index (κ1) is 63.3. The first-order valence-corrected chi connectivity index (χ1v) is 38.1. The summed E-state index contributed by atoms with van der Waals surface area (Å²) in [6.45, 7) is 0. The second-order valence-corrected chi connectivity index (χ2v) is 29.6. The van der Waals surface area contributed by atoms with E-state index >= 15 is 0 Å². The fraction of sp³-hybridized carbons (Fsp3) is 0.0577. The zero-order valence-corrected chi connectivity index (χ0v) is 60.0. The first-order valence-electron chi connectivity index (χ1n) is 38.1. The fourth-order valence-electron chi connectivity index (χ4n) is 19.0. The maximum atomic E-state index is 7.42. The van der Waals surface area contributed by atoms with Gasteiger partial charge in [0.25, 0.3) is 0 Å². The van der Waals surface area contributed by atoms with Crippen LogP contribution in [0.5, 0.6) is 23.0 Å². The number of para-hydroxylation sites is 4. The number of allylic oxidation sites excluding steroid dienone is 8. The molecule has 0 amide bonds. The third-order valence-electron chi connectivity index (χ3n) is 23.8. The Morgan fingerprint density at radius 1 is 0.309 bits per heavy atom. The second kappa shape index (κ2) is 25.4. The molecule has 0 bridgehead atoms. The minimum atomic E-state index is -0.680. The summed E-state index contributed by atoms with van der Waals surface area (Å²) < 4.78 is 14.7. The Morgan fingerprint density at radius 2 is 0.791 bits per heavy atom. The molecule has 110 heavy (non-hydrogen) atoms. The van der Waals surface area contributed by atoms with Gasteiger partial charge in [0.2, 0.25) is 0 Å². The molecule has 6 aliphatic rings. The molecule has 2 aliphatic heterocycles. The Morgan fingerprint density at radius 3 is 1.52 bits per heavy atom. The van der Waals surface area contributed by atoms with E-state index in [0.29, 0.717) is 11.6 Å². The number of aromatic nitrogens is 4. The van der Waals surface area contributed by atoms with Crippen molar-refractivity contribution in [3.63, 3.8) is 0 Å². The smallest absolute Gasteiger partial charge is 0.160 e. The second-order valence-electron chi connectivity index (χ2n) is 29.6. The van der Waals surface area contributed by atoms with Crippen molar-refractivity contribution in [2.24, 2.45) is 5.92 Å². The molecular formula is C104H68N4O2. The summed E-state index contributed by atoms with van der Waals surface area (Å²) >= 11 is 0. The summed E-state index contributed by atoms with van der Waals surface area (Å²) in [4.78, 5) is 22.0. The van der Waals surface area contributed by atoms with Crippen LogP contribution in [0.3, 0.4) is 0 Å². The molecule has 4 atom stereocenters. The minimum absolute atomic E-state index is 0.0381. The van der Waals surface area contributed by atoms with Crippen LogP contribution >= 0.6 is 0 Å². The van der Waals surface area contributed by atoms with E-state index in [1.807, 2.05) is 6.07 Å². The van der Waals surface area contributed by atoms with Gasteiger partial charge in [0.1, 0.15) is 23.0 Å². The number of ether oxygens (including phenoxy) is 2. The van der Waals surface area contributed by atoms with E-state index in [1.54, 1.807) is 0 Å². The number of fused-ring (bicyclic) bond motifs is 18. The first-order chi connectivity index (χ1) is 54.5. The van der Waals surface area contributed by atoms with E-state index in [1.165, 1.54) is 44.3 Å². The van der Waals surface area contributed by atoms with Crippen molar-refractivity contribution in [3.8, 4) is 124 Å². The molecule has 0 saturated heterocycles. The summed E-state index contributed by atoms with van der Waals surface area (Å²) in [5.41, 5.74) is 29.1. The van der Waals surface area contributed by atoms with Crippen molar-refractivity contribution in [1.82, 2.24) is 19.9 Å². The highest BCUT2D eigenvalue weighted by Gasteiger charge is 2.58. The van der Waals surface area contributed by atoms with Crippen molar-refractivity contribution in [1.29, 1.82) is 0 Å². The lowest BCUT2D eigenvalue weighted by Crippen LogP contribution is -2.38. The van der Waals surface area contributed by atoms with Gasteiger partial charge in [-0.05, 0) is 133 Å². The number of nitrogens with zero attached hydrogens (tertiary/aromatic N) is 4. The molecular weight excluding hydrogens is 1340 g/mol. The molecule has 22 rings (SSSR count). The molecule has 0 N–H and O–H groups in total. The fourth-order valence-corrected chi connectivity index (χ4v) is 19.0. The summed E-state index contributed by atoms with van der Waals surface area (Å²) in [5.74, 6) is 4.65. The largest absolute Gasteiger partial charge is 0.456 e. The molecule has 16 aromatic rings. The van der Waals surface area contributed by atoms with Crippen LogP contribution in [0.4, 0.5) is 0 Å². The van der Waals surface area contributed by atoms with Gasteiger partial charge in [0.05, 0.1) is 33.6 Å². The molecule has 6 heteroatoms. The average molecular weight is 1410 g/mol. The maximum Gasteiger partial charge on any atom is 0.160 e. The van der Waals surface area contributed by atoms with Gasteiger partial charge in [0, 0.05) is 78.6 Å². The third kappa shape index (κ3) is 9.89. The van der Waals surface area contributed by atoms with E-state index in [9.17, 15) is 0 Å². The van der Waals surface area contributed by atoms with Crippen molar-refractivity contribution in [2.75, 3.05) is 0 Å². The molecule has 516 valence electrons. The predicted octanol–water partition coefficient (Wildman–Crippen LogP) is 25.8. The lowest BCUT2D eigenvalue weighted by atomic mass is 9.61. The van der Waals surface area contributed by atoms with Gasteiger partial charge >= 0.3 is 0 Å². The number of rotatable bonds is 10. The summed E-state index contributed by atoms with van der Waals surface area (Å²) in [5, 5.41) is 2.34. The van der Waals surface area contributed by atoms with Gasteiger partial charge in [-0.3, -0.25) is 0 Å². The van der Waals surface area contributed by atoms with Crippen LogP contribution in [-0.4, -0.2) is 19.9 Å². The van der Waals surface area contributed by atoms with Crippen LogP contribution < -0.4 is 9.47 Å². The molecule has 6 nitrogen and oxygen atoms in total. The van der Waals surface area contributed by atoms with Crippen LogP contribution in [0.1, 0.15) is 68.8 Å². The molecule has 0 saturated carbocycles. The van der Waals surface area contributed by atoms with Crippen molar-refractivity contribution < 1.29 is 9.47 Å². The molecule has 4 unspecified atom stereocenters. The Balaban J connectivity index is 0.676. The summed E-state index contributed by atoms with van der Waals surface area (Å²) in [6.07, 6.45) is 14.0. The summed E-state index contributed by atoms with van der Waals surface area (Å²) in [7, 11) is 0. The maximum absolute atomic E-state index is 7.42. The van der Waals surface area contributed by atoms with E-state index in [0.717, 1.165) is 159 Å². The predicted molar refractivity (Wildman–Crippen MR) is 445 cm³/mol. The molecule has 2 aromatic heterocycles. The highest BCUT2D eigenvalue weighted by atomic mass is 16.5. The SMILES string of the molecule is C1=CC2=C(CC1)C1(c3ccccc3Oc3c(-c4cccc(-c5nc(-c6ccc(-c7ccccc7)cc6)cc(-c6ccccc6C6=CC7C(C=C6)c6ccccc6C76c7ccccc7Oc7c(-c8cccc(-c9nc(-c%10ccccc%10)cc(-c%10ccc%11ccccc%11c%10)n9)c8)cccc76)n5)c4)cccc31)c1ccccc12. The van der Waals surface area contributed by atoms with Gasteiger partial charge in [-0.15, -0.1) is 0 Å². The Labute approximate surface area is 638 Å². The molecule has 0 radical (unpaired) electrons. The summed E-state index contributed by atoms with van der Waals surface area (Å²) in [6, 6.07) is 124. The standard InChI is InChI=1S/C104H68N4O2/c1-3-25-65(26-4-1)67-51-54-69(55-52-67)94-64-96(108-102(106-94)76-34-22-32-72(61-76)78-40-23-47-90-99(78)109-97-49-19-17-45-88(97)103(90)85-42-14-11-36-80(85)81-37-12-15-43-86(81)103)84-39-10-9-35-77(84)73-57-58-83-82-38-13-16-44-87(82)104(92(83)62-73)89-46-18-20-50-98(89)110-100-79(41-24-48-91(100)104)71-31-21-33-75(60-71)101-105-93(68-28-5-2-6-29-68)63-95(107-101)74-56-53-66-27-7-8-30-70(66)59-74/h1-14,16-42,44-64,83,92H,15,43H2. The van der Waals surface area contributed by atoms with Gasteiger partial charge in [0.15, 0.2) is 11.6 Å². The highest BCUT2D eigenvalue weighted by molar-refractivity contribution is 5.95. The quantitative estimate of drug-likeness (QED) is 0.136. The van der Waals surface area contributed by atoms with Crippen LogP contribution in [0.25, 0.3) is 123 Å². The number of benzene rings is 14. The van der Waals surface area contributed by atoms with Gasteiger partial charge in [-0.2, -0.15) is 0 Å². The Kier molecular flexibility index (Phi) is 14.6. The van der Waals surface area contributed by atoms with Crippen molar-refractivity contribution in [3.05, 3.63) is 432 Å². The Hall–Kier alpha value is -13.9. The number of hydrogen-bond acceptors (Lipinski definition) is 6. The van der Waals surface area contributed by atoms with Crippen molar-refractivity contribution >= 4 is 21.9 Å². The topological polar surface area (TPSA) is 70.0 Å². The van der Waals surface area contributed by atoms with Gasteiger partial charge in [-0.1, -0.05) is 334 Å². The van der Waals surface area contributed by atoms with E-state index in [-0.39, 0.29) is 11.8 Å². The lowest BCUT2D eigenvalue weighted by molar-refractivity contribution is 0.375. The number of hydrogen-bond donors (Lipinski definition) is 0. The molecule has 0 fully saturated rings. The third-order valence-corrected chi connectivity index (χ3v) is 23.8. The Bertz CT molecular complexity index is 6630. The van der Waals surface area contributed by atoms with Crippen LogP contribution in [-0.2, 0) is 10.8 Å². The highest BCUT2D eigenvalue weighted by Crippen LogP contribution is 2.68. The minimum Gasteiger partial charge on any atom is -0.456 e. The normalized spacial score (nSPS) is 17.7. The van der Waals surface area contributed by atoms with E-state index in [4.69, 9.17) is 29.4 Å². The zero-order valence-electron chi connectivity index (χ0n) is 60.0.